The van der Waals surface area contributed by atoms with E-state index in [-0.39, 0.29) is 5.60 Å². The fourth-order valence-electron chi connectivity index (χ4n) is 2.81. The van der Waals surface area contributed by atoms with Crippen LogP contribution in [0.2, 0.25) is 0 Å². The molecule has 0 unspecified atom stereocenters. The van der Waals surface area contributed by atoms with Crippen molar-refractivity contribution in [3.63, 3.8) is 0 Å². The molecule has 1 aromatic rings. The Bertz CT molecular complexity index is 454. The highest BCUT2D eigenvalue weighted by atomic mass is 16.6. The molecular weight excluding hydrogens is 260 g/mol. The first-order valence-corrected chi connectivity index (χ1v) is 7.98. The highest BCUT2D eigenvalue weighted by molar-refractivity contribution is 6.01. The predicted molar refractivity (Wildman–Crippen MR) is 88.6 cm³/mol. The van der Waals surface area contributed by atoms with E-state index in [1.54, 1.807) is 0 Å². The van der Waals surface area contributed by atoms with Crippen LogP contribution in [0.3, 0.4) is 0 Å². The van der Waals surface area contributed by atoms with Crippen molar-refractivity contribution >= 4 is 5.71 Å². The van der Waals surface area contributed by atoms with E-state index in [2.05, 4.69) is 41.8 Å². The molecule has 3 nitrogen and oxygen atoms in total. The summed E-state index contributed by atoms with van der Waals surface area (Å²) in [5, 5.41) is 7.92. The van der Waals surface area contributed by atoms with E-state index in [0.717, 1.165) is 5.71 Å². The van der Waals surface area contributed by atoms with Crippen molar-refractivity contribution in [2.45, 2.75) is 58.1 Å². The molecule has 1 aromatic carbocycles. The lowest BCUT2D eigenvalue weighted by Gasteiger charge is -2.29. The third kappa shape index (κ3) is 4.85. The van der Waals surface area contributed by atoms with Crippen molar-refractivity contribution in [1.82, 2.24) is 5.32 Å². The van der Waals surface area contributed by atoms with E-state index in [9.17, 15) is 0 Å². The molecule has 1 fully saturated rings. The van der Waals surface area contributed by atoms with Crippen LogP contribution in [0.4, 0.5) is 0 Å². The van der Waals surface area contributed by atoms with E-state index in [1.165, 1.54) is 31.2 Å². The van der Waals surface area contributed by atoms with Gasteiger partial charge in [-0.25, -0.2) is 0 Å². The Morgan fingerprint density at radius 2 is 1.71 bits per heavy atom. The average molecular weight is 288 g/mol. The van der Waals surface area contributed by atoms with Crippen LogP contribution >= 0.6 is 0 Å². The highest BCUT2D eigenvalue weighted by Gasteiger charge is 2.26. The molecule has 0 aliphatic heterocycles. The van der Waals surface area contributed by atoms with Gasteiger partial charge in [0, 0.05) is 12.0 Å². The first-order valence-electron chi connectivity index (χ1n) is 7.98. The summed E-state index contributed by atoms with van der Waals surface area (Å²) in [5.74, 6) is 0.499. The Kier molecular flexibility index (Phi) is 5.40. The molecule has 1 N–H and O–H groups in total. The first kappa shape index (κ1) is 16.0. The second kappa shape index (κ2) is 7.08. The number of nitrogens with one attached hydrogen (secondary N) is 1. The molecule has 3 heteroatoms. The standard InChI is InChI=1S/C18H28N2O/c1-18(2,3)21-20-17(14-8-6-5-7-9-14)15-10-12-16(19-4)13-11-15/h5-9,15-16,19H,10-13H2,1-4H3/b20-17+/t15-,16+. The maximum atomic E-state index is 5.72. The summed E-state index contributed by atoms with van der Waals surface area (Å²) in [7, 11) is 2.06. The smallest absolute Gasteiger partial charge is 0.129 e. The quantitative estimate of drug-likeness (QED) is 0.671. The van der Waals surface area contributed by atoms with Gasteiger partial charge in [-0.05, 0) is 59.1 Å². The fraction of sp³-hybridized carbons (Fsp3) is 0.611. The zero-order valence-corrected chi connectivity index (χ0v) is 13.7. The van der Waals surface area contributed by atoms with Crippen molar-refractivity contribution in [2.24, 2.45) is 11.1 Å². The van der Waals surface area contributed by atoms with Gasteiger partial charge in [-0.2, -0.15) is 0 Å². The second-order valence-corrected chi connectivity index (χ2v) is 6.88. The largest absolute Gasteiger partial charge is 0.390 e. The van der Waals surface area contributed by atoms with Crippen LogP contribution in [-0.2, 0) is 4.84 Å². The van der Waals surface area contributed by atoms with Gasteiger partial charge in [-0.15, -0.1) is 0 Å². The topological polar surface area (TPSA) is 33.6 Å². The maximum absolute atomic E-state index is 5.72. The Hall–Kier alpha value is -1.35. The molecule has 0 atom stereocenters. The van der Waals surface area contributed by atoms with Gasteiger partial charge in [0.05, 0.1) is 5.71 Å². The zero-order chi connectivity index (χ0) is 15.3. The Morgan fingerprint density at radius 1 is 1.10 bits per heavy atom. The number of hydrogen-bond acceptors (Lipinski definition) is 3. The van der Waals surface area contributed by atoms with Crippen molar-refractivity contribution in [3.05, 3.63) is 35.9 Å². The number of benzene rings is 1. The van der Waals surface area contributed by atoms with Gasteiger partial charge in [0.1, 0.15) is 5.60 Å². The molecule has 0 saturated heterocycles. The molecule has 0 heterocycles. The van der Waals surface area contributed by atoms with Crippen molar-refractivity contribution in [3.8, 4) is 0 Å². The molecule has 0 amide bonds. The summed E-state index contributed by atoms with van der Waals surface area (Å²) in [6.07, 6.45) is 4.77. The lowest BCUT2D eigenvalue weighted by Crippen LogP contribution is -2.33. The fourth-order valence-corrected chi connectivity index (χ4v) is 2.81. The summed E-state index contributed by atoms with van der Waals surface area (Å²) in [6.45, 7) is 6.12. The molecule has 0 spiro atoms. The van der Waals surface area contributed by atoms with Crippen LogP contribution in [-0.4, -0.2) is 24.4 Å². The Balaban J connectivity index is 2.17. The molecule has 1 saturated carbocycles. The van der Waals surface area contributed by atoms with E-state index in [4.69, 9.17) is 4.84 Å². The van der Waals surface area contributed by atoms with Crippen LogP contribution in [0.15, 0.2) is 35.5 Å². The molecule has 1 aliphatic rings. The van der Waals surface area contributed by atoms with Gasteiger partial charge in [0.2, 0.25) is 0 Å². The molecule has 0 radical (unpaired) electrons. The van der Waals surface area contributed by atoms with Crippen LogP contribution in [0.5, 0.6) is 0 Å². The monoisotopic (exact) mass is 288 g/mol. The summed E-state index contributed by atoms with van der Waals surface area (Å²) >= 11 is 0. The van der Waals surface area contributed by atoms with Crippen molar-refractivity contribution in [1.29, 1.82) is 0 Å². The Morgan fingerprint density at radius 3 is 2.24 bits per heavy atom. The van der Waals surface area contributed by atoms with Crippen LogP contribution in [0, 0.1) is 5.92 Å². The highest BCUT2D eigenvalue weighted by Crippen LogP contribution is 2.28. The van der Waals surface area contributed by atoms with E-state index in [1.807, 2.05) is 26.8 Å². The molecule has 116 valence electrons. The van der Waals surface area contributed by atoms with E-state index < -0.39 is 0 Å². The molecule has 0 bridgehead atoms. The third-order valence-corrected chi connectivity index (χ3v) is 4.01. The molecular formula is C18H28N2O. The van der Waals surface area contributed by atoms with Crippen LogP contribution in [0.1, 0.15) is 52.0 Å². The van der Waals surface area contributed by atoms with Gasteiger partial charge >= 0.3 is 0 Å². The summed E-state index contributed by atoms with van der Waals surface area (Å²) in [6, 6.07) is 11.1. The van der Waals surface area contributed by atoms with Crippen molar-refractivity contribution in [2.75, 3.05) is 7.05 Å². The van der Waals surface area contributed by atoms with Crippen LogP contribution in [0.25, 0.3) is 0 Å². The third-order valence-electron chi connectivity index (χ3n) is 4.01. The molecule has 21 heavy (non-hydrogen) atoms. The van der Waals surface area contributed by atoms with Crippen LogP contribution < -0.4 is 5.32 Å². The van der Waals surface area contributed by atoms with Gasteiger partial charge in [-0.1, -0.05) is 35.5 Å². The number of hydrogen-bond donors (Lipinski definition) is 1. The number of rotatable bonds is 4. The molecule has 0 aromatic heterocycles. The average Bonchev–Trinajstić information content (AvgIpc) is 2.48. The minimum absolute atomic E-state index is 0.248. The summed E-state index contributed by atoms with van der Waals surface area (Å²) in [4.78, 5) is 5.72. The SMILES string of the molecule is CN[C@H]1CC[C@@H](/C(=N/OC(C)(C)C)c2ccccc2)CC1. The Labute approximate surface area is 128 Å². The van der Waals surface area contributed by atoms with E-state index in [0.29, 0.717) is 12.0 Å². The summed E-state index contributed by atoms with van der Waals surface area (Å²) in [5.41, 5.74) is 2.05. The number of oxime groups is 1. The minimum atomic E-state index is -0.248. The zero-order valence-electron chi connectivity index (χ0n) is 13.7. The minimum Gasteiger partial charge on any atom is -0.390 e. The van der Waals surface area contributed by atoms with Gasteiger partial charge in [0.15, 0.2) is 0 Å². The van der Waals surface area contributed by atoms with Crippen molar-refractivity contribution < 1.29 is 4.84 Å². The lowest BCUT2D eigenvalue weighted by molar-refractivity contribution is -0.0000441. The molecule has 2 rings (SSSR count). The summed E-state index contributed by atoms with van der Waals surface area (Å²) < 4.78 is 0. The van der Waals surface area contributed by atoms with Gasteiger partial charge in [0.25, 0.3) is 0 Å². The van der Waals surface area contributed by atoms with E-state index >= 15 is 0 Å². The van der Waals surface area contributed by atoms with Gasteiger partial charge in [-0.3, -0.25) is 0 Å². The second-order valence-electron chi connectivity index (χ2n) is 6.88. The van der Waals surface area contributed by atoms with Gasteiger partial charge < -0.3 is 10.2 Å². The predicted octanol–water partition coefficient (Wildman–Crippen LogP) is 3.98. The maximum Gasteiger partial charge on any atom is 0.129 e. The normalized spacial score (nSPS) is 23.9. The first-order chi connectivity index (χ1) is 9.99. The lowest BCUT2D eigenvalue weighted by atomic mass is 9.81. The molecule has 1 aliphatic carbocycles. The number of nitrogens with zero attached hydrogens (tertiary/aromatic N) is 1.